The number of hydrogen-bond acceptors (Lipinski definition) is 7. The molecule has 4 aliphatic heterocycles. The van der Waals surface area contributed by atoms with E-state index in [1.807, 2.05) is 0 Å². The highest BCUT2D eigenvalue weighted by Crippen LogP contribution is 2.36. The van der Waals surface area contributed by atoms with Crippen molar-refractivity contribution in [2.75, 3.05) is 50.7 Å². The lowest BCUT2D eigenvalue weighted by molar-refractivity contribution is -0.160. The molecule has 2 aromatic rings. The van der Waals surface area contributed by atoms with Gasteiger partial charge in [-0.1, -0.05) is 29.8 Å². The zero-order valence-electron chi connectivity index (χ0n) is 23.9. The maximum atomic E-state index is 14.9. The summed E-state index contributed by atoms with van der Waals surface area (Å²) in [6.45, 7) is 3.94. The Morgan fingerprint density at radius 1 is 0.886 bits per heavy atom. The average Bonchev–Trinajstić information content (AvgIpc) is 3.27. The molecule has 13 heteroatoms. The van der Waals surface area contributed by atoms with Crippen LogP contribution in [0, 0.1) is 5.92 Å². The highest BCUT2D eigenvalue weighted by molar-refractivity contribution is 6.30. The number of imide groups is 2. The Morgan fingerprint density at radius 2 is 1.57 bits per heavy atom. The SMILES string of the molecule is O=C1CCC(N2C(=O)c3cccc(N4CCN(CC5CCN(C(=O)C(F)(F)c6ccc(Cl)cc6)CC5)CC4)c3C2=O)C(=O)N1. The number of carbonyl (C=O) groups excluding carboxylic acids is 5. The summed E-state index contributed by atoms with van der Waals surface area (Å²) >= 11 is 5.80. The molecule has 1 atom stereocenters. The quantitative estimate of drug-likeness (QED) is 0.491. The van der Waals surface area contributed by atoms with Crippen molar-refractivity contribution in [3.8, 4) is 0 Å². The van der Waals surface area contributed by atoms with Gasteiger partial charge in [0, 0.05) is 62.8 Å². The number of nitrogens with zero attached hydrogens (tertiary/aromatic N) is 4. The number of hydrogen-bond donors (Lipinski definition) is 1. The van der Waals surface area contributed by atoms with Crippen molar-refractivity contribution in [2.24, 2.45) is 5.92 Å². The Hall–Kier alpha value is -3.90. The lowest BCUT2D eigenvalue weighted by atomic mass is 9.95. The van der Waals surface area contributed by atoms with Crippen LogP contribution in [0.25, 0.3) is 0 Å². The summed E-state index contributed by atoms with van der Waals surface area (Å²) < 4.78 is 29.7. The monoisotopic (exact) mass is 627 g/mol. The van der Waals surface area contributed by atoms with Gasteiger partial charge in [0.05, 0.1) is 16.8 Å². The van der Waals surface area contributed by atoms with E-state index in [0.717, 1.165) is 11.4 Å². The summed E-state index contributed by atoms with van der Waals surface area (Å²) in [5, 5.41) is 2.54. The number of benzene rings is 2. The van der Waals surface area contributed by atoms with Crippen LogP contribution < -0.4 is 10.2 Å². The molecule has 5 amide bonds. The number of rotatable bonds is 6. The fourth-order valence-electron chi connectivity index (χ4n) is 6.60. The van der Waals surface area contributed by atoms with Crippen LogP contribution in [0.1, 0.15) is 52.0 Å². The molecular weight excluding hydrogens is 596 g/mol. The molecule has 4 heterocycles. The smallest absolute Gasteiger partial charge is 0.349 e. The first-order valence-corrected chi connectivity index (χ1v) is 15.2. The zero-order valence-corrected chi connectivity index (χ0v) is 24.7. The van der Waals surface area contributed by atoms with Gasteiger partial charge in [-0.15, -0.1) is 0 Å². The number of fused-ring (bicyclic) bond motifs is 1. The van der Waals surface area contributed by atoms with E-state index in [2.05, 4.69) is 15.1 Å². The second kappa shape index (κ2) is 11.9. The molecule has 0 bridgehead atoms. The van der Waals surface area contributed by atoms with Crippen LogP contribution in [-0.4, -0.2) is 96.1 Å². The van der Waals surface area contributed by atoms with Crippen LogP contribution >= 0.6 is 11.6 Å². The second-order valence-electron chi connectivity index (χ2n) is 11.8. The first-order valence-electron chi connectivity index (χ1n) is 14.8. The van der Waals surface area contributed by atoms with Gasteiger partial charge in [0.2, 0.25) is 11.8 Å². The van der Waals surface area contributed by atoms with E-state index in [-0.39, 0.29) is 48.5 Å². The van der Waals surface area contributed by atoms with Gasteiger partial charge in [-0.25, -0.2) is 0 Å². The fourth-order valence-corrected chi connectivity index (χ4v) is 6.72. The predicted molar refractivity (Wildman–Crippen MR) is 156 cm³/mol. The van der Waals surface area contributed by atoms with E-state index in [4.69, 9.17) is 11.6 Å². The van der Waals surface area contributed by atoms with E-state index < -0.39 is 41.5 Å². The maximum Gasteiger partial charge on any atom is 0.349 e. The average molecular weight is 628 g/mol. The number of likely N-dealkylation sites (tertiary alicyclic amines) is 1. The molecule has 10 nitrogen and oxygen atoms in total. The van der Waals surface area contributed by atoms with E-state index >= 15 is 0 Å². The molecule has 0 saturated carbocycles. The zero-order chi connectivity index (χ0) is 31.2. The van der Waals surface area contributed by atoms with Gasteiger partial charge in [0.1, 0.15) is 6.04 Å². The van der Waals surface area contributed by atoms with Crippen molar-refractivity contribution < 1.29 is 32.8 Å². The van der Waals surface area contributed by atoms with Gasteiger partial charge in [0.15, 0.2) is 0 Å². The van der Waals surface area contributed by atoms with Crippen molar-refractivity contribution in [3.63, 3.8) is 0 Å². The van der Waals surface area contributed by atoms with Crippen LogP contribution in [0.4, 0.5) is 14.5 Å². The van der Waals surface area contributed by atoms with Gasteiger partial charge in [-0.2, -0.15) is 8.78 Å². The van der Waals surface area contributed by atoms with Gasteiger partial charge in [-0.3, -0.25) is 39.1 Å². The molecule has 44 heavy (non-hydrogen) atoms. The number of halogens is 3. The van der Waals surface area contributed by atoms with Crippen molar-refractivity contribution in [1.82, 2.24) is 20.0 Å². The first-order chi connectivity index (χ1) is 21.0. The Balaban J connectivity index is 1.03. The van der Waals surface area contributed by atoms with E-state index in [1.54, 1.807) is 18.2 Å². The highest BCUT2D eigenvalue weighted by Gasteiger charge is 2.47. The van der Waals surface area contributed by atoms with Gasteiger partial charge in [-0.05, 0) is 49.4 Å². The number of anilines is 1. The third-order valence-corrected chi connectivity index (χ3v) is 9.30. The van der Waals surface area contributed by atoms with E-state index in [1.165, 1.54) is 29.2 Å². The summed E-state index contributed by atoms with van der Waals surface area (Å²) in [6, 6.07) is 9.16. The lowest BCUT2D eigenvalue weighted by Crippen LogP contribution is -2.54. The standard InChI is InChI=1S/C31H32ClF2N5O5/c32-21-6-4-20(5-7-21)31(33,34)30(44)38-12-10-19(11-13-38)18-36-14-16-37(17-15-36)23-3-1-2-22-26(23)29(43)39(28(22)42)24-8-9-25(40)35-27(24)41/h1-7,19,24H,8-18H2,(H,35,40,41). The molecule has 0 aromatic heterocycles. The van der Waals surface area contributed by atoms with Crippen molar-refractivity contribution >= 4 is 46.8 Å². The molecule has 1 unspecified atom stereocenters. The highest BCUT2D eigenvalue weighted by atomic mass is 35.5. The summed E-state index contributed by atoms with van der Waals surface area (Å²) in [4.78, 5) is 70.0. The molecule has 6 rings (SSSR count). The maximum absolute atomic E-state index is 14.9. The first kappa shape index (κ1) is 30.1. The number of piperidine rings is 2. The fraction of sp³-hybridized carbons (Fsp3) is 0.452. The molecule has 232 valence electrons. The van der Waals surface area contributed by atoms with E-state index in [9.17, 15) is 32.8 Å². The predicted octanol–water partition coefficient (Wildman–Crippen LogP) is 2.89. The molecule has 1 N–H and O–H groups in total. The minimum absolute atomic E-state index is 0.0594. The Bertz CT molecular complexity index is 1500. The number of nitrogens with one attached hydrogen (secondary N) is 1. The minimum atomic E-state index is -3.61. The summed E-state index contributed by atoms with van der Waals surface area (Å²) in [7, 11) is 0. The third kappa shape index (κ3) is 5.56. The van der Waals surface area contributed by atoms with Crippen molar-refractivity contribution in [1.29, 1.82) is 0 Å². The number of carbonyl (C=O) groups is 5. The summed E-state index contributed by atoms with van der Waals surface area (Å²) in [5.74, 6) is -6.66. The Labute approximate surface area is 257 Å². The normalized spacial score (nSPS) is 22.0. The van der Waals surface area contributed by atoms with Crippen LogP contribution in [0.2, 0.25) is 5.02 Å². The van der Waals surface area contributed by atoms with Gasteiger partial charge >= 0.3 is 5.92 Å². The van der Waals surface area contributed by atoms with E-state index in [0.29, 0.717) is 49.7 Å². The number of alkyl halides is 2. The Morgan fingerprint density at radius 3 is 2.23 bits per heavy atom. The molecule has 3 fully saturated rings. The lowest BCUT2D eigenvalue weighted by Gasteiger charge is -2.40. The molecular formula is C31H32ClF2N5O5. The van der Waals surface area contributed by atoms with Crippen LogP contribution in [0.15, 0.2) is 42.5 Å². The molecule has 0 spiro atoms. The van der Waals surface area contributed by atoms with Crippen LogP contribution in [-0.2, 0) is 20.3 Å². The van der Waals surface area contributed by atoms with Crippen molar-refractivity contribution in [3.05, 3.63) is 64.2 Å². The summed E-state index contributed by atoms with van der Waals surface area (Å²) in [5.41, 5.74) is 0.806. The largest absolute Gasteiger partial charge is 0.368 e. The topological polar surface area (TPSA) is 110 Å². The number of amides is 5. The minimum Gasteiger partial charge on any atom is -0.368 e. The number of piperazine rings is 1. The molecule has 0 aliphatic carbocycles. The van der Waals surface area contributed by atoms with Crippen molar-refractivity contribution in [2.45, 2.75) is 37.6 Å². The molecule has 2 aromatic carbocycles. The molecule has 0 radical (unpaired) electrons. The second-order valence-corrected chi connectivity index (χ2v) is 12.2. The summed E-state index contributed by atoms with van der Waals surface area (Å²) in [6.07, 6.45) is 1.41. The Kier molecular flexibility index (Phi) is 8.14. The molecule has 4 aliphatic rings. The van der Waals surface area contributed by atoms with Crippen LogP contribution in [0.3, 0.4) is 0 Å². The van der Waals surface area contributed by atoms with Gasteiger partial charge in [0.25, 0.3) is 17.7 Å². The van der Waals surface area contributed by atoms with Gasteiger partial charge < -0.3 is 9.80 Å². The molecule has 3 saturated heterocycles. The van der Waals surface area contributed by atoms with Crippen LogP contribution in [0.5, 0.6) is 0 Å². The third-order valence-electron chi connectivity index (χ3n) is 9.05.